The number of amides is 1. The van der Waals surface area contributed by atoms with Gasteiger partial charge < -0.3 is 10.1 Å². The summed E-state index contributed by atoms with van der Waals surface area (Å²) in [6.07, 6.45) is 1.76. The number of nitrogens with one attached hydrogen (secondary N) is 2. The number of esters is 1. The number of carbonyl (C=O) groups excluding carboxylic acids is 2. The fraction of sp³-hybridized carbons (Fsp3) is 0.105. The van der Waals surface area contributed by atoms with Gasteiger partial charge in [-0.1, -0.05) is 11.6 Å². The largest absolute Gasteiger partial charge is 0.449 e. The van der Waals surface area contributed by atoms with Crippen molar-refractivity contribution in [2.45, 2.75) is 17.9 Å². The van der Waals surface area contributed by atoms with E-state index in [9.17, 15) is 18.0 Å². The van der Waals surface area contributed by atoms with Crippen LogP contribution < -0.4 is 10.0 Å². The summed E-state index contributed by atoms with van der Waals surface area (Å²) < 4.78 is 32.2. The first kappa shape index (κ1) is 22.1. The quantitative estimate of drug-likeness (QED) is 0.511. The summed E-state index contributed by atoms with van der Waals surface area (Å²) >= 11 is 5.62. The van der Waals surface area contributed by atoms with Crippen molar-refractivity contribution in [2.75, 3.05) is 10.0 Å². The molecule has 0 aliphatic carbocycles. The van der Waals surface area contributed by atoms with Crippen LogP contribution in [0, 0.1) is 0 Å². The lowest BCUT2D eigenvalue weighted by Crippen LogP contribution is -2.30. The van der Waals surface area contributed by atoms with Gasteiger partial charge in [-0.15, -0.1) is 10.2 Å². The minimum absolute atomic E-state index is 0.00559. The highest BCUT2D eigenvalue weighted by Gasteiger charge is 2.20. The molecule has 0 spiro atoms. The Labute approximate surface area is 182 Å². The monoisotopic (exact) mass is 461 g/mol. The lowest BCUT2D eigenvalue weighted by molar-refractivity contribution is -0.123. The highest BCUT2D eigenvalue weighted by Crippen LogP contribution is 2.18. The second-order valence-electron chi connectivity index (χ2n) is 6.15. The third kappa shape index (κ3) is 5.96. The van der Waals surface area contributed by atoms with Crippen LogP contribution in [0.5, 0.6) is 0 Å². The second kappa shape index (κ2) is 9.49. The Balaban J connectivity index is 1.61. The van der Waals surface area contributed by atoms with E-state index in [1.165, 1.54) is 61.8 Å². The number of pyridine rings is 1. The first-order valence-corrected chi connectivity index (χ1v) is 10.6. The number of aromatic nitrogens is 3. The summed E-state index contributed by atoms with van der Waals surface area (Å²) in [4.78, 5) is 28.0. The molecule has 1 aromatic carbocycles. The topological polar surface area (TPSA) is 140 Å². The molecule has 2 N–H and O–H groups in total. The van der Waals surface area contributed by atoms with Crippen molar-refractivity contribution in [1.29, 1.82) is 0 Å². The van der Waals surface area contributed by atoms with Crippen LogP contribution in [-0.4, -0.2) is 41.6 Å². The SMILES string of the molecule is CC(OC(=O)c1cccnc1)C(=O)Nc1ccc(S(=O)(=O)Nc2ccc(Cl)nn2)cc1. The number of ether oxygens (including phenoxy) is 1. The van der Waals surface area contributed by atoms with Crippen molar-refractivity contribution in [2.24, 2.45) is 0 Å². The molecule has 31 heavy (non-hydrogen) atoms. The van der Waals surface area contributed by atoms with Crippen LogP contribution in [-0.2, 0) is 19.6 Å². The van der Waals surface area contributed by atoms with E-state index in [2.05, 4.69) is 25.2 Å². The van der Waals surface area contributed by atoms with Crippen molar-refractivity contribution in [1.82, 2.24) is 15.2 Å². The van der Waals surface area contributed by atoms with Crippen LogP contribution in [0.2, 0.25) is 5.15 Å². The number of benzene rings is 1. The van der Waals surface area contributed by atoms with Gasteiger partial charge >= 0.3 is 5.97 Å². The summed E-state index contributed by atoms with van der Waals surface area (Å²) in [5, 5.41) is 9.88. The van der Waals surface area contributed by atoms with Crippen LogP contribution in [0.1, 0.15) is 17.3 Å². The van der Waals surface area contributed by atoms with Gasteiger partial charge in [0.1, 0.15) is 0 Å². The minimum Gasteiger partial charge on any atom is -0.449 e. The first-order valence-electron chi connectivity index (χ1n) is 8.78. The van der Waals surface area contributed by atoms with E-state index >= 15 is 0 Å². The number of anilines is 2. The fourth-order valence-corrected chi connectivity index (χ4v) is 3.39. The van der Waals surface area contributed by atoms with E-state index in [4.69, 9.17) is 16.3 Å². The molecule has 160 valence electrons. The maximum absolute atomic E-state index is 12.4. The van der Waals surface area contributed by atoms with Crippen LogP contribution in [0.4, 0.5) is 11.5 Å². The molecule has 3 rings (SSSR count). The van der Waals surface area contributed by atoms with Crippen molar-refractivity contribution in [3.63, 3.8) is 0 Å². The molecular weight excluding hydrogens is 446 g/mol. The number of carbonyl (C=O) groups is 2. The van der Waals surface area contributed by atoms with E-state index in [-0.39, 0.29) is 21.4 Å². The fourth-order valence-electron chi connectivity index (χ4n) is 2.29. The predicted octanol–water partition coefficient (Wildman–Crippen LogP) is 2.51. The van der Waals surface area contributed by atoms with Gasteiger partial charge in [0, 0.05) is 18.1 Å². The summed E-state index contributed by atoms with van der Waals surface area (Å²) in [7, 11) is -3.92. The lowest BCUT2D eigenvalue weighted by atomic mass is 10.2. The van der Waals surface area contributed by atoms with Crippen molar-refractivity contribution in [3.05, 3.63) is 71.6 Å². The summed E-state index contributed by atoms with van der Waals surface area (Å²) in [6.45, 7) is 1.42. The molecule has 3 aromatic rings. The van der Waals surface area contributed by atoms with E-state index in [1.54, 1.807) is 6.07 Å². The van der Waals surface area contributed by atoms with Crippen LogP contribution in [0.25, 0.3) is 0 Å². The maximum atomic E-state index is 12.4. The normalized spacial score (nSPS) is 11.9. The van der Waals surface area contributed by atoms with Crippen LogP contribution in [0.15, 0.2) is 65.8 Å². The lowest BCUT2D eigenvalue weighted by Gasteiger charge is -2.14. The zero-order chi connectivity index (χ0) is 22.4. The molecule has 2 heterocycles. The molecule has 1 amide bonds. The number of hydrogen-bond acceptors (Lipinski definition) is 8. The standard InChI is InChI=1S/C19H16ClN5O5S/c1-12(30-19(27)13-3-2-10-21-11-13)18(26)22-14-4-6-15(7-5-14)31(28,29)25-17-9-8-16(20)23-24-17/h2-12H,1H3,(H,22,26)(H,24,25). The van der Waals surface area contributed by atoms with Gasteiger partial charge in [0.05, 0.1) is 10.5 Å². The Kier molecular flexibility index (Phi) is 6.78. The molecule has 0 radical (unpaired) electrons. The van der Waals surface area contributed by atoms with Crippen molar-refractivity contribution < 1.29 is 22.7 Å². The molecule has 0 fully saturated rings. The van der Waals surface area contributed by atoms with E-state index in [0.29, 0.717) is 5.69 Å². The van der Waals surface area contributed by atoms with Crippen LogP contribution in [0.3, 0.4) is 0 Å². The summed E-state index contributed by atoms with van der Waals surface area (Å²) in [6, 6.07) is 11.3. The average molecular weight is 462 g/mol. The first-order chi connectivity index (χ1) is 14.7. The Bertz CT molecular complexity index is 1170. The van der Waals surface area contributed by atoms with Gasteiger partial charge in [0.25, 0.3) is 15.9 Å². The zero-order valence-electron chi connectivity index (χ0n) is 16.0. The minimum atomic E-state index is -3.92. The Morgan fingerprint density at radius 1 is 1.06 bits per heavy atom. The number of sulfonamides is 1. The molecule has 12 heteroatoms. The third-order valence-electron chi connectivity index (χ3n) is 3.85. The number of rotatable bonds is 7. The van der Waals surface area contributed by atoms with Gasteiger partial charge in [-0.05, 0) is 55.5 Å². The third-order valence-corrected chi connectivity index (χ3v) is 5.43. The van der Waals surface area contributed by atoms with E-state index in [0.717, 1.165) is 0 Å². The van der Waals surface area contributed by atoms with E-state index in [1.807, 2.05) is 0 Å². The highest BCUT2D eigenvalue weighted by molar-refractivity contribution is 7.92. The summed E-state index contributed by atoms with van der Waals surface area (Å²) in [5.41, 5.74) is 0.536. The Hall–Kier alpha value is -3.57. The molecule has 2 aromatic heterocycles. The predicted molar refractivity (Wildman–Crippen MR) is 112 cm³/mol. The molecule has 1 unspecified atom stereocenters. The highest BCUT2D eigenvalue weighted by atomic mass is 35.5. The molecule has 0 saturated heterocycles. The second-order valence-corrected chi connectivity index (χ2v) is 8.22. The van der Waals surface area contributed by atoms with Gasteiger partial charge in [0.2, 0.25) is 0 Å². The van der Waals surface area contributed by atoms with Crippen molar-refractivity contribution in [3.8, 4) is 0 Å². The van der Waals surface area contributed by atoms with Crippen LogP contribution >= 0.6 is 11.6 Å². The van der Waals surface area contributed by atoms with Gasteiger partial charge in [-0.2, -0.15) is 0 Å². The molecule has 0 aliphatic rings. The average Bonchev–Trinajstić information content (AvgIpc) is 2.76. The summed E-state index contributed by atoms with van der Waals surface area (Å²) in [5.74, 6) is -1.26. The number of halogens is 1. The van der Waals surface area contributed by atoms with Gasteiger partial charge in [-0.25, -0.2) is 13.2 Å². The molecule has 10 nitrogen and oxygen atoms in total. The molecule has 1 atom stereocenters. The van der Waals surface area contributed by atoms with Crippen molar-refractivity contribution >= 4 is 45.0 Å². The van der Waals surface area contributed by atoms with E-state index < -0.39 is 28.0 Å². The number of hydrogen-bond donors (Lipinski definition) is 2. The molecule has 0 aliphatic heterocycles. The molecule has 0 saturated carbocycles. The number of nitrogens with zero attached hydrogens (tertiary/aromatic N) is 3. The smallest absolute Gasteiger partial charge is 0.340 e. The maximum Gasteiger partial charge on any atom is 0.340 e. The molecular formula is C19H16ClN5O5S. The Morgan fingerprint density at radius 3 is 2.42 bits per heavy atom. The van der Waals surface area contributed by atoms with Gasteiger partial charge in [0.15, 0.2) is 17.1 Å². The van der Waals surface area contributed by atoms with Gasteiger partial charge in [-0.3, -0.25) is 14.5 Å². The Morgan fingerprint density at radius 2 is 1.81 bits per heavy atom. The molecule has 0 bridgehead atoms. The zero-order valence-corrected chi connectivity index (χ0v) is 17.6.